The number of ether oxygens (including phenoxy) is 2. The SMILES string of the molecule is C=C(CC[C@H](CC(OC)OC)C(=C)C)OP(=O)(OCC)OCC. The second kappa shape index (κ2) is 11.8. The first kappa shape index (κ1) is 22.4. The lowest BCUT2D eigenvalue weighted by atomic mass is 9.92. The third kappa shape index (κ3) is 9.28. The summed E-state index contributed by atoms with van der Waals surface area (Å²) in [7, 11) is -0.363. The van der Waals surface area contributed by atoms with Gasteiger partial charge in [0.15, 0.2) is 6.29 Å². The van der Waals surface area contributed by atoms with E-state index in [9.17, 15) is 4.57 Å². The molecule has 0 radical (unpaired) electrons. The molecule has 0 aromatic heterocycles. The van der Waals surface area contributed by atoms with Crippen LogP contribution in [0.5, 0.6) is 0 Å². The number of phosphoric acid groups is 1. The van der Waals surface area contributed by atoms with Crippen molar-refractivity contribution in [2.45, 2.75) is 46.3 Å². The molecule has 6 nitrogen and oxygen atoms in total. The molecule has 0 fully saturated rings. The lowest BCUT2D eigenvalue weighted by Gasteiger charge is -2.23. The molecule has 0 aliphatic carbocycles. The van der Waals surface area contributed by atoms with Crippen LogP contribution >= 0.6 is 7.82 Å². The Morgan fingerprint density at radius 1 is 1.09 bits per heavy atom. The van der Waals surface area contributed by atoms with Crippen molar-refractivity contribution in [2.75, 3.05) is 27.4 Å². The van der Waals surface area contributed by atoms with E-state index in [1.54, 1.807) is 28.1 Å². The summed E-state index contributed by atoms with van der Waals surface area (Å²) in [6.45, 7) is 13.7. The Labute approximate surface area is 140 Å². The molecule has 0 heterocycles. The van der Waals surface area contributed by atoms with Gasteiger partial charge in [-0.05, 0) is 33.1 Å². The maximum Gasteiger partial charge on any atom is 0.529 e. The molecular formula is C16H31O6P. The lowest BCUT2D eigenvalue weighted by Crippen LogP contribution is -2.19. The third-order valence-electron chi connectivity index (χ3n) is 3.29. The first-order valence-electron chi connectivity index (χ1n) is 7.79. The molecule has 0 bridgehead atoms. The summed E-state index contributed by atoms with van der Waals surface area (Å²) in [4.78, 5) is 0. The molecule has 0 unspecified atom stereocenters. The Morgan fingerprint density at radius 2 is 1.61 bits per heavy atom. The summed E-state index contributed by atoms with van der Waals surface area (Å²) in [6, 6.07) is 0. The normalized spacial score (nSPS) is 13.1. The Bertz CT molecular complexity index is 395. The maximum absolute atomic E-state index is 12.3. The monoisotopic (exact) mass is 350 g/mol. The highest BCUT2D eigenvalue weighted by Gasteiger charge is 2.28. The first-order chi connectivity index (χ1) is 10.8. The van der Waals surface area contributed by atoms with Gasteiger partial charge >= 0.3 is 7.82 Å². The van der Waals surface area contributed by atoms with E-state index in [2.05, 4.69) is 13.2 Å². The summed E-state index contributed by atoms with van der Waals surface area (Å²) in [6.07, 6.45) is 1.64. The summed E-state index contributed by atoms with van der Waals surface area (Å²) in [5.74, 6) is 0.548. The van der Waals surface area contributed by atoms with Crippen LogP contribution in [-0.2, 0) is 27.6 Å². The summed E-state index contributed by atoms with van der Waals surface area (Å²) >= 11 is 0. The molecule has 0 rings (SSSR count). The van der Waals surface area contributed by atoms with Crippen LogP contribution < -0.4 is 0 Å². The molecular weight excluding hydrogens is 319 g/mol. The Balaban J connectivity index is 4.57. The van der Waals surface area contributed by atoms with Crippen molar-refractivity contribution in [1.82, 2.24) is 0 Å². The van der Waals surface area contributed by atoms with Crippen LogP contribution in [0.3, 0.4) is 0 Å². The molecule has 0 aliphatic rings. The van der Waals surface area contributed by atoms with Gasteiger partial charge in [-0.1, -0.05) is 18.7 Å². The Hall–Kier alpha value is -0.650. The first-order valence-corrected chi connectivity index (χ1v) is 9.25. The van der Waals surface area contributed by atoms with Crippen LogP contribution in [0, 0.1) is 5.92 Å². The number of rotatable bonds is 14. The molecule has 0 aliphatic heterocycles. The molecule has 0 spiro atoms. The van der Waals surface area contributed by atoms with E-state index >= 15 is 0 Å². The van der Waals surface area contributed by atoms with Crippen molar-refractivity contribution in [1.29, 1.82) is 0 Å². The van der Waals surface area contributed by atoms with Gasteiger partial charge < -0.3 is 14.0 Å². The second-order valence-corrected chi connectivity index (χ2v) is 6.72. The number of methoxy groups -OCH3 is 2. The van der Waals surface area contributed by atoms with Crippen molar-refractivity contribution < 1.29 is 27.6 Å². The van der Waals surface area contributed by atoms with Crippen molar-refractivity contribution in [3.8, 4) is 0 Å². The molecule has 0 N–H and O–H groups in total. The topological polar surface area (TPSA) is 63.2 Å². The smallest absolute Gasteiger partial charge is 0.409 e. The van der Waals surface area contributed by atoms with Crippen LogP contribution in [0.25, 0.3) is 0 Å². The van der Waals surface area contributed by atoms with E-state index in [4.69, 9.17) is 23.0 Å². The molecule has 0 aromatic carbocycles. The number of phosphoric ester groups is 1. The van der Waals surface area contributed by atoms with Gasteiger partial charge in [0.2, 0.25) is 0 Å². The Kier molecular flexibility index (Phi) is 11.5. The zero-order chi connectivity index (χ0) is 17.9. The van der Waals surface area contributed by atoms with E-state index in [-0.39, 0.29) is 25.4 Å². The minimum absolute atomic E-state index is 0.179. The van der Waals surface area contributed by atoms with Crippen LogP contribution in [0.1, 0.15) is 40.0 Å². The quantitative estimate of drug-likeness (QED) is 0.196. The molecule has 0 amide bonds. The van der Waals surface area contributed by atoms with E-state index < -0.39 is 7.82 Å². The molecule has 7 heteroatoms. The highest BCUT2D eigenvalue weighted by atomic mass is 31.2. The molecule has 0 saturated heterocycles. The fourth-order valence-electron chi connectivity index (χ4n) is 2.03. The number of allylic oxidation sites excluding steroid dienone is 2. The van der Waals surface area contributed by atoms with Gasteiger partial charge in [0.1, 0.15) is 5.76 Å². The van der Waals surface area contributed by atoms with Gasteiger partial charge in [-0.15, -0.1) is 0 Å². The fourth-order valence-corrected chi connectivity index (χ4v) is 3.25. The van der Waals surface area contributed by atoms with Crippen molar-refractivity contribution >= 4 is 7.82 Å². The van der Waals surface area contributed by atoms with Gasteiger partial charge in [0.05, 0.1) is 13.2 Å². The van der Waals surface area contributed by atoms with Crippen molar-refractivity contribution in [3.63, 3.8) is 0 Å². The highest BCUT2D eigenvalue weighted by molar-refractivity contribution is 7.48. The Morgan fingerprint density at radius 3 is 2.00 bits per heavy atom. The number of hydrogen-bond donors (Lipinski definition) is 0. The van der Waals surface area contributed by atoms with Crippen molar-refractivity contribution in [3.05, 3.63) is 24.5 Å². The summed E-state index contributed by atoms with van der Waals surface area (Å²) in [5.41, 5.74) is 1.02. The fraction of sp³-hybridized carbons (Fsp3) is 0.750. The summed E-state index contributed by atoms with van der Waals surface area (Å²) in [5, 5.41) is 0. The zero-order valence-corrected chi connectivity index (χ0v) is 15.9. The average Bonchev–Trinajstić information content (AvgIpc) is 2.47. The average molecular weight is 350 g/mol. The predicted octanol–water partition coefficient (Wildman–Crippen LogP) is 4.68. The van der Waals surface area contributed by atoms with E-state index in [1.807, 2.05) is 6.92 Å². The van der Waals surface area contributed by atoms with Gasteiger partial charge in [-0.25, -0.2) is 4.57 Å². The van der Waals surface area contributed by atoms with Gasteiger partial charge in [-0.3, -0.25) is 9.05 Å². The largest absolute Gasteiger partial charge is 0.529 e. The maximum atomic E-state index is 12.3. The number of hydrogen-bond acceptors (Lipinski definition) is 6. The van der Waals surface area contributed by atoms with Gasteiger partial charge in [0, 0.05) is 27.1 Å². The van der Waals surface area contributed by atoms with Crippen molar-refractivity contribution in [2.24, 2.45) is 5.92 Å². The van der Waals surface area contributed by atoms with Crippen LogP contribution in [0.2, 0.25) is 0 Å². The van der Waals surface area contributed by atoms with E-state index in [1.165, 1.54) is 0 Å². The molecule has 0 saturated carbocycles. The minimum atomic E-state index is -3.57. The molecule has 23 heavy (non-hydrogen) atoms. The van der Waals surface area contributed by atoms with Gasteiger partial charge in [-0.2, -0.15) is 0 Å². The molecule has 1 atom stereocenters. The second-order valence-electron chi connectivity index (χ2n) is 5.13. The lowest BCUT2D eigenvalue weighted by molar-refractivity contribution is -0.112. The minimum Gasteiger partial charge on any atom is -0.409 e. The van der Waals surface area contributed by atoms with Crippen LogP contribution in [0.15, 0.2) is 24.5 Å². The predicted molar refractivity (Wildman–Crippen MR) is 91.0 cm³/mol. The standard InChI is InChI=1S/C16H31O6P/c1-8-20-23(17,21-9-2)22-14(5)10-11-15(13(3)4)12-16(18-6)19-7/h15-16H,3,5,8-12H2,1-2,4,6-7H3/t15-/m1/s1. The van der Waals surface area contributed by atoms with Crippen LogP contribution in [-0.4, -0.2) is 33.7 Å². The van der Waals surface area contributed by atoms with Crippen LogP contribution in [0.4, 0.5) is 0 Å². The zero-order valence-electron chi connectivity index (χ0n) is 15.0. The third-order valence-corrected chi connectivity index (χ3v) is 4.92. The summed E-state index contributed by atoms with van der Waals surface area (Å²) < 4.78 is 38.3. The van der Waals surface area contributed by atoms with E-state index in [0.29, 0.717) is 18.6 Å². The molecule has 0 aromatic rings. The van der Waals surface area contributed by atoms with Gasteiger partial charge in [0.25, 0.3) is 0 Å². The highest BCUT2D eigenvalue weighted by Crippen LogP contribution is 2.51. The van der Waals surface area contributed by atoms with E-state index in [0.717, 1.165) is 12.0 Å². The molecule has 136 valence electrons.